The van der Waals surface area contributed by atoms with Crippen molar-refractivity contribution in [1.29, 1.82) is 0 Å². The number of aromatic nitrogens is 3. The van der Waals surface area contributed by atoms with Gasteiger partial charge in [-0.25, -0.2) is 19.3 Å². The molecule has 3 rings (SSSR count). The summed E-state index contributed by atoms with van der Waals surface area (Å²) in [5.41, 5.74) is 1.17. The number of benzene rings is 1. The van der Waals surface area contributed by atoms with Crippen LogP contribution in [0.25, 0.3) is 16.7 Å². The molecule has 0 unspecified atom stereocenters. The highest BCUT2D eigenvalue weighted by Crippen LogP contribution is 2.20. The third-order valence-electron chi connectivity index (χ3n) is 3.72. The molecule has 0 atom stereocenters. The Labute approximate surface area is 164 Å². The third-order valence-corrected chi connectivity index (χ3v) is 4.66. The van der Waals surface area contributed by atoms with Crippen LogP contribution in [0.4, 0.5) is 4.79 Å². The van der Waals surface area contributed by atoms with Crippen molar-refractivity contribution in [2.24, 2.45) is 0 Å². The van der Waals surface area contributed by atoms with Crippen molar-refractivity contribution >= 4 is 34.7 Å². The molecule has 0 aliphatic rings. The molecule has 0 saturated carbocycles. The minimum Gasteiger partial charge on any atom is -0.450 e. The normalized spacial score (nSPS) is 10.6. The summed E-state index contributed by atoms with van der Waals surface area (Å²) in [5.74, 6) is -0.249. The standard InChI is InChI=1S/C19H18N4O4S/c1-3-27-19(26)22-16(24)11-28-18-21-14-7-5-4-6-13(14)17(25)23(18)15-10-12(2)8-9-20-15/h4-10H,3,11H2,1-2H3,(H,22,24,26). The smallest absolute Gasteiger partial charge is 0.413 e. The number of hydrogen-bond donors (Lipinski definition) is 1. The van der Waals surface area contributed by atoms with Gasteiger partial charge in [0.25, 0.3) is 5.56 Å². The van der Waals surface area contributed by atoms with Gasteiger partial charge in [-0.1, -0.05) is 23.9 Å². The number of fused-ring (bicyclic) bond motifs is 1. The average Bonchev–Trinajstić information content (AvgIpc) is 2.66. The molecule has 9 heteroatoms. The lowest BCUT2D eigenvalue weighted by atomic mass is 10.2. The highest BCUT2D eigenvalue weighted by atomic mass is 32.2. The monoisotopic (exact) mass is 398 g/mol. The first kappa shape index (κ1) is 19.6. The lowest BCUT2D eigenvalue weighted by molar-refractivity contribution is -0.117. The molecule has 8 nitrogen and oxygen atoms in total. The first-order valence-electron chi connectivity index (χ1n) is 8.54. The summed E-state index contributed by atoms with van der Waals surface area (Å²) >= 11 is 1.04. The van der Waals surface area contributed by atoms with Gasteiger partial charge >= 0.3 is 6.09 Å². The molecule has 0 aliphatic heterocycles. The zero-order chi connectivity index (χ0) is 20.1. The summed E-state index contributed by atoms with van der Waals surface area (Å²) in [6.07, 6.45) is 0.797. The van der Waals surface area contributed by atoms with E-state index in [1.807, 2.05) is 13.0 Å². The molecule has 0 spiro atoms. The largest absolute Gasteiger partial charge is 0.450 e. The Bertz CT molecular complexity index is 1100. The molecule has 2 heterocycles. The van der Waals surface area contributed by atoms with Crippen LogP contribution in [0.15, 0.2) is 52.5 Å². The Balaban J connectivity index is 1.98. The molecule has 1 N–H and O–H groups in total. The Hall–Kier alpha value is -3.20. The molecule has 0 fully saturated rings. The lowest BCUT2D eigenvalue weighted by Gasteiger charge is -2.12. The Morgan fingerprint density at radius 3 is 2.79 bits per heavy atom. The first-order chi connectivity index (χ1) is 13.5. The maximum Gasteiger partial charge on any atom is 0.413 e. The van der Waals surface area contributed by atoms with Gasteiger partial charge in [-0.15, -0.1) is 0 Å². The third kappa shape index (κ3) is 4.37. The quantitative estimate of drug-likeness (QED) is 0.520. The molecule has 2 aromatic heterocycles. The average molecular weight is 398 g/mol. The van der Waals surface area contributed by atoms with E-state index in [0.717, 1.165) is 17.3 Å². The summed E-state index contributed by atoms with van der Waals surface area (Å²) in [7, 11) is 0. The van der Waals surface area contributed by atoms with Gasteiger partial charge in [0.05, 0.1) is 23.3 Å². The molecule has 3 aromatic rings. The van der Waals surface area contributed by atoms with Crippen LogP contribution in [0, 0.1) is 6.92 Å². The second-order valence-electron chi connectivity index (χ2n) is 5.80. The summed E-state index contributed by atoms with van der Waals surface area (Å²) in [6, 6.07) is 10.6. The topological polar surface area (TPSA) is 103 Å². The van der Waals surface area contributed by atoms with Gasteiger partial charge in [-0.3, -0.25) is 14.9 Å². The fourth-order valence-electron chi connectivity index (χ4n) is 2.50. The van der Waals surface area contributed by atoms with E-state index < -0.39 is 12.0 Å². The van der Waals surface area contributed by atoms with Crippen molar-refractivity contribution in [1.82, 2.24) is 19.9 Å². The summed E-state index contributed by atoms with van der Waals surface area (Å²) in [6.45, 7) is 3.70. The number of aryl methyl sites for hydroxylation is 1. The number of carbonyl (C=O) groups excluding carboxylic acids is 2. The number of imide groups is 1. The number of ether oxygens (including phenoxy) is 1. The van der Waals surface area contributed by atoms with E-state index in [1.54, 1.807) is 43.5 Å². The summed E-state index contributed by atoms with van der Waals surface area (Å²) in [5, 5.41) is 2.88. The maximum atomic E-state index is 13.1. The van der Waals surface area contributed by atoms with E-state index in [-0.39, 0.29) is 17.9 Å². The Morgan fingerprint density at radius 1 is 1.25 bits per heavy atom. The molecule has 1 aromatic carbocycles. The van der Waals surface area contributed by atoms with Crippen molar-refractivity contribution < 1.29 is 14.3 Å². The predicted octanol–water partition coefficient (Wildman–Crippen LogP) is 2.45. The van der Waals surface area contributed by atoms with Gasteiger partial charge < -0.3 is 4.74 Å². The SMILES string of the molecule is CCOC(=O)NC(=O)CSc1nc2ccccc2c(=O)n1-c1cc(C)ccn1. The molecule has 0 radical (unpaired) electrons. The number of rotatable bonds is 5. The molecular formula is C19H18N4O4S. The fraction of sp³-hybridized carbons (Fsp3) is 0.211. The van der Waals surface area contributed by atoms with Crippen molar-refractivity contribution in [2.75, 3.05) is 12.4 Å². The maximum absolute atomic E-state index is 13.1. The number of nitrogens with zero attached hydrogens (tertiary/aromatic N) is 3. The van der Waals surface area contributed by atoms with Gasteiger partial charge in [-0.2, -0.15) is 0 Å². The van der Waals surface area contributed by atoms with E-state index in [1.165, 1.54) is 4.57 Å². The van der Waals surface area contributed by atoms with Crippen LogP contribution in [-0.2, 0) is 9.53 Å². The number of alkyl carbamates (subject to hydrolysis) is 1. The van der Waals surface area contributed by atoms with E-state index in [4.69, 9.17) is 0 Å². The molecule has 0 bridgehead atoms. The number of carbonyl (C=O) groups is 2. The molecule has 2 amide bonds. The van der Waals surface area contributed by atoms with Crippen LogP contribution in [0.5, 0.6) is 0 Å². The van der Waals surface area contributed by atoms with E-state index >= 15 is 0 Å². The number of pyridine rings is 1. The second-order valence-corrected chi connectivity index (χ2v) is 6.74. The lowest BCUT2D eigenvalue weighted by Crippen LogP contribution is -2.32. The Kier molecular flexibility index (Phi) is 6.05. The zero-order valence-electron chi connectivity index (χ0n) is 15.3. The Morgan fingerprint density at radius 2 is 2.04 bits per heavy atom. The number of amides is 2. The van der Waals surface area contributed by atoms with Crippen LogP contribution < -0.4 is 10.9 Å². The van der Waals surface area contributed by atoms with Crippen LogP contribution in [-0.4, -0.2) is 38.9 Å². The zero-order valence-corrected chi connectivity index (χ0v) is 16.2. The fourth-order valence-corrected chi connectivity index (χ4v) is 3.30. The first-order valence-corrected chi connectivity index (χ1v) is 9.52. The van der Waals surface area contributed by atoms with Crippen molar-refractivity contribution in [2.45, 2.75) is 19.0 Å². The van der Waals surface area contributed by atoms with E-state index in [9.17, 15) is 14.4 Å². The number of hydrogen-bond acceptors (Lipinski definition) is 7. The van der Waals surface area contributed by atoms with Crippen LogP contribution >= 0.6 is 11.8 Å². The van der Waals surface area contributed by atoms with Gasteiger partial charge in [0.1, 0.15) is 5.82 Å². The molecule has 144 valence electrons. The number of thioether (sulfide) groups is 1. The van der Waals surface area contributed by atoms with Gasteiger partial charge in [-0.05, 0) is 43.7 Å². The van der Waals surface area contributed by atoms with Crippen molar-refractivity contribution in [3.05, 3.63) is 58.5 Å². The number of para-hydroxylation sites is 1. The van der Waals surface area contributed by atoms with Crippen LogP contribution in [0.3, 0.4) is 0 Å². The highest BCUT2D eigenvalue weighted by Gasteiger charge is 2.16. The van der Waals surface area contributed by atoms with Crippen LogP contribution in [0.1, 0.15) is 12.5 Å². The van der Waals surface area contributed by atoms with Crippen LogP contribution in [0.2, 0.25) is 0 Å². The van der Waals surface area contributed by atoms with E-state index in [2.05, 4.69) is 20.0 Å². The molecular weight excluding hydrogens is 380 g/mol. The summed E-state index contributed by atoms with van der Waals surface area (Å²) < 4.78 is 6.06. The molecule has 28 heavy (non-hydrogen) atoms. The highest BCUT2D eigenvalue weighted by molar-refractivity contribution is 7.99. The minimum absolute atomic E-state index is 0.116. The van der Waals surface area contributed by atoms with Gasteiger partial charge in [0, 0.05) is 6.20 Å². The molecule has 0 saturated heterocycles. The summed E-state index contributed by atoms with van der Waals surface area (Å²) in [4.78, 5) is 45.2. The van der Waals surface area contributed by atoms with Crippen molar-refractivity contribution in [3.8, 4) is 5.82 Å². The predicted molar refractivity (Wildman–Crippen MR) is 106 cm³/mol. The second kappa shape index (κ2) is 8.66. The van der Waals surface area contributed by atoms with Gasteiger partial charge in [0.15, 0.2) is 5.16 Å². The molecule has 0 aliphatic carbocycles. The number of nitrogens with one attached hydrogen (secondary N) is 1. The van der Waals surface area contributed by atoms with Crippen molar-refractivity contribution in [3.63, 3.8) is 0 Å². The van der Waals surface area contributed by atoms with E-state index in [0.29, 0.717) is 21.9 Å². The van der Waals surface area contributed by atoms with Gasteiger partial charge in [0.2, 0.25) is 5.91 Å². The minimum atomic E-state index is -0.808.